The first kappa shape index (κ1) is 12.9. The molecule has 1 atom stereocenters. The van der Waals surface area contributed by atoms with E-state index in [-0.39, 0.29) is 6.10 Å². The minimum absolute atomic E-state index is 0.217. The fourth-order valence-corrected chi connectivity index (χ4v) is 1.96. The first-order valence-corrected chi connectivity index (χ1v) is 6.42. The highest BCUT2D eigenvalue weighted by Gasteiger charge is 2.14. The van der Waals surface area contributed by atoms with Gasteiger partial charge in [-0.15, -0.1) is 0 Å². The lowest BCUT2D eigenvalue weighted by Gasteiger charge is -2.22. The Morgan fingerprint density at radius 1 is 1.33 bits per heavy atom. The van der Waals surface area contributed by atoms with Crippen molar-refractivity contribution >= 4 is 0 Å². The molecule has 0 amide bonds. The van der Waals surface area contributed by atoms with Gasteiger partial charge < -0.3 is 15.2 Å². The zero-order valence-corrected chi connectivity index (χ0v) is 10.5. The minimum atomic E-state index is 0.217. The van der Waals surface area contributed by atoms with Crippen LogP contribution in [0.25, 0.3) is 0 Å². The van der Waals surface area contributed by atoms with Crippen LogP contribution in [0.5, 0.6) is 5.75 Å². The van der Waals surface area contributed by atoms with Crippen LogP contribution in [0.3, 0.4) is 0 Å². The summed E-state index contributed by atoms with van der Waals surface area (Å²) >= 11 is 0. The van der Waals surface area contributed by atoms with Crippen molar-refractivity contribution in [1.29, 1.82) is 0 Å². The third kappa shape index (κ3) is 3.76. The molecule has 96 valence electrons. The number of nitrogens with two attached hydrogens (primary N) is 1. The van der Waals surface area contributed by atoms with E-state index in [1.807, 2.05) is 24.3 Å². The largest absolute Gasteiger partial charge is 0.490 e. The van der Waals surface area contributed by atoms with Crippen molar-refractivity contribution in [2.75, 3.05) is 19.8 Å². The smallest absolute Gasteiger partial charge is 0.135 e. The van der Waals surface area contributed by atoms with Crippen LogP contribution in [-0.4, -0.2) is 25.9 Å². The average Bonchev–Trinajstić information content (AvgIpc) is 2.45. The van der Waals surface area contributed by atoms with Crippen LogP contribution in [0.1, 0.15) is 24.8 Å². The second kappa shape index (κ2) is 7.05. The molecule has 1 unspecified atom stereocenters. The molecule has 0 saturated carbocycles. The zero-order chi connectivity index (χ0) is 12.6. The molecule has 1 aliphatic heterocycles. The summed E-state index contributed by atoms with van der Waals surface area (Å²) in [7, 11) is 0. The SMILES string of the molecule is NCC#Cc1ccccc1OCC1CCCCO1. The molecule has 0 radical (unpaired) electrons. The number of para-hydroxylation sites is 1. The number of rotatable bonds is 3. The highest BCUT2D eigenvalue weighted by atomic mass is 16.5. The fraction of sp³-hybridized carbons (Fsp3) is 0.467. The molecule has 1 aliphatic rings. The first-order valence-electron chi connectivity index (χ1n) is 6.42. The Kier molecular flexibility index (Phi) is 5.07. The molecule has 3 nitrogen and oxygen atoms in total. The van der Waals surface area contributed by atoms with Gasteiger partial charge in [0.05, 0.1) is 18.2 Å². The van der Waals surface area contributed by atoms with Gasteiger partial charge in [-0.25, -0.2) is 0 Å². The van der Waals surface area contributed by atoms with E-state index in [4.69, 9.17) is 15.2 Å². The molecule has 1 saturated heterocycles. The van der Waals surface area contributed by atoms with Gasteiger partial charge in [0.2, 0.25) is 0 Å². The lowest BCUT2D eigenvalue weighted by Crippen LogP contribution is -2.25. The number of hydrogen-bond acceptors (Lipinski definition) is 3. The maximum Gasteiger partial charge on any atom is 0.135 e. The Labute approximate surface area is 108 Å². The van der Waals surface area contributed by atoms with Gasteiger partial charge in [-0.3, -0.25) is 0 Å². The van der Waals surface area contributed by atoms with Crippen LogP contribution in [-0.2, 0) is 4.74 Å². The molecular weight excluding hydrogens is 226 g/mol. The van der Waals surface area contributed by atoms with Crippen molar-refractivity contribution < 1.29 is 9.47 Å². The molecule has 2 rings (SSSR count). The molecule has 1 fully saturated rings. The van der Waals surface area contributed by atoms with E-state index < -0.39 is 0 Å². The van der Waals surface area contributed by atoms with E-state index in [1.165, 1.54) is 6.42 Å². The van der Waals surface area contributed by atoms with Gasteiger partial charge in [0, 0.05) is 6.61 Å². The molecule has 1 heterocycles. The summed E-state index contributed by atoms with van der Waals surface area (Å²) < 4.78 is 11.4. The van der Waals surface area contributed by atoms with Crippen molar-refractivity contribution in [1.82, 2.24) is 0 Å². The topological polar surface area (TPSA) is 44.5 Å². The zero-order valence-electron chi connectivity index (χ0n) is 10.5. The second-order valence-corrected chi connectivity index (χ2v) is 4.30. The highest BCUT2D eigenvalue weighted by Crippen LogP contribution is 2.19. The van der Waals surface area contributed by atoms with Gasteiger partial charge in [-0.2, -0.15) is 0 Å². The molecule has 1 aromatic carbocycles. The molecule has 0 aromatic heterocycles. The summed E-state index contributed by atoms with van der Waals surface area (Å²) in [5.41, 5.74) is 6.27. The maximum atomic E-state index is 5.81. The predicted octanol–water partition coefficient (Wildman–Crippen LogP) is 1.94. The Morgan fingerprint density at radius 2 is 2.22 bits per heavy atom. The van der Waals surface area contributed by atoms with E-state index in [9.17, 15) is 0 Å². The van der Waals surface area contributed by atoms with E-state index in [0.29, 0.717) is 13.2 Å². The van der Waals surface area contributed by atoms with Crippen LogP contribution >= 0.6 is 0 Å². The van der Waals surface area contributed by atoms with Crippen molar-refractivity contribution in [3.05, 3.63) is 29.8 Å². The molecular formula is C15H19NO2. The summed E-state index contributed by atoms with van der Waals surface area (Å²) in [5, 5.41) is 0. The Balaban J connectivity index is 1.95. The van der Waals surface area contributed by atoms with E-state index in [0.717, 1.165) is 30.8 Å². The summed E-state index contributed by atoms with van der Waals surface area (Å²) in [5.74, 6) is 6.68. The lowest BCUT2D eigenvalue weighted by molar-refractivity contribution is -0.0111. The summed E-state index contributed by atoms with van der Waals surface area (Å²) in [4.78, 5) is 0. The molecule has 1 aromatic rings. The maximum absolute atomic E-state index is 5.81. The minimum Gasteiger partial charge on any atom is -0.490 e. The average molecular weight is 245 g/mol. The van der Waals surface area contributed by atoms with Crippen LogP contribution in [0.4, 0.5) is 0 Å². The van der Waals surface area contributed by atoms with Crippen LogP contribution in [0.15, 0.2) is 24.3 Å². The van der Waals surface area contributed by atoms with Crippen LogP contribution < -0.4 is 10.5 Å². The molecule has 0 aliphatic carbocycles. The predicted molar refractivity (Wildman–Crippen MR) is 71.5 cm³/mol. The van der Waals surface area contributed by atoms with E-state index in [2.05, 4.69) is 11.8 Å². The second-order valence-electron chi connectivity index (χ2n) is 4.30. The summed E-state index contributed by atoms with van der Waals surface area (Å²) in [6, 6.07) is 7.78. The molecule has 3 heteroatoms. The lowest BCUT2D eigenvalue weighted by atomic mass is 10.1. The summed E-state index contributed by atoms with van der Waals surface area (Å²) in [6.45, 7) is 1.81. The van der Waals surface area contributed by atoms with Gasteiger partial charge in [0.1, 0.15) is 12.4 Å². The van der Waals surface area contributed by atoms with Crippen molar-refractivity contribution in [2.45, 2.75) is 25.4 Å². The van der Waals surface area contributed by atoms with Gasteiger partial charge in [-0.1, -0.05) is 24.0 Å². The fourth-order valence-electron chi connectivity index (χ4n) is 1.96. The normalized spacial score (nSPS) is 18.8. The Morgan fingerprint density at radius 3 is 3.00 bits per heavy atom. The molecule has 0 spiro atoms. The van der Waals surface area contributed by atoms with Crippen molar-refractivity contribution in [3.8, 4) is 17.6 Å². The van der Waals surface area contributed by atoms with Gasteiger partial charge in [0.25, 0.3) is 0 Å². The van der Waals surface area contributed by atoms with E-state index >= 15 is 0 Å². The monoisotopic (exact) mass is 245 g/mol. The Bertz CT molecular complexity index is 428. The molecule has 2 N–H and O–H groups in total. The van der Waals surface area contributed by atoms with Gasteiger partial charge in [0.15, 0.2) is 0 Å². The highest BCUT2D eigenvalue weighted by molar-refractivity contribution is 5.45. The molecule has 18 heavy (non-hydrogen) atoms. The number of ether oxygens (including phenoxy) is 2. The Hall–Kier alpha value is -1.50. The quantitative estimate of drug-likeness (QED) is 0.828. The third-order valence-corrected chi connectivity index (χ3v) is 2.91. The van der Waals surface area contributed by atoms with Crippen LogP contribution in [0.2, 0.25) is 0 Å². The number of hydrogen-bond donors (Lipinski definition) is 1. The third-order valence-electron chi connectivity index (χ3n) is 2.91. The van der Waals surface area contributed by atoms with Gasteiger partial charge >= 0.3 is 0 Å². The van der Waals surface area contributed by atoms with E-state index in [1.54, 1.807) is 0 Å². The standard InChI is InChI=1S/C15H19NO2/c16-10-5-7-13-6-1-2-9-15(13)18-12-14-8-3-4-11-17-14/h1-2,6,9,14H,3-4,8,10-12,16H2. The van der Waals surface area contributed by atoms with Crippen LogP contribution in [0, 0.1) is 11.8 Å². The van der Waals surface area contributed by atoms with Crippen molar-refractivity contribution in [3.63, 3.8) is 0 Å². The molecule has 0 bridgehead atoms. The van der Waals surface area contributed by atoms with Crippen molar-refractivity contribution in [2.24, 2.45) is 5.73 Å². The summed E-state index contributed by atoms with van der Waals surface area (Å²) in [6.07, 6.45) is 3.68. The number of benzene rings is 1. The van der Waals surface area contributed by atoms with Gasteiger partial charge in [-0.05, 0) is 31.4 Å². The first-order chi connectivity index (χ1) is 8.90.